The van der Waals surface area contributed by atoms with E-state index in [-0.39, 0.29) is 0 Å². The average molecular weight is 122 g/mol. The molecule has 4 heteroatoms. The standard InChI is InChI=1S/C5H6N4/c1-2-8-9-4-6-3-5(9)7-1/h1-3,6H,4H2. The molecule has 0 fully saturated rings. The van der Waals surface area contributed by atoms with Crippen LogP contribution >= 0.6 is 0 Å². The van der Waals surface area contributed by atoms with Crippen LogP contribution < -0.4 is 5.32 Å². The van der Waals surface area contributed by atoms with Crippen molar-refractivity contribution in [3.63, 3.8) is 0 Å². The van der Waals surface area contributed by atoms with Crippen LogP contribution in [-0.2, 0) is 0 Å². The predicted molar refractivity (Wildman–Crippen MR) is 34.9 cm³/mol. The molecule has 0 saturated carbocycles. The number of rotatable bonds is 0. The second-order valence-electron chi connectivity index (χ2n) is 1.81. The van der Waals surface area contributed by atoms with Gasteiger partial charge in [-0.3, -0.25) is 0 Å². The van der Waals surface area contributed by atoms with Gasteiger partial charge in [-0.2, -0.15) is 5.10 Å². The first kappa shape index (κ1) is 4.55. The van der Waals surface area contributed by atoms with Gasteiger partial charge in [0.1, 0.15) is 6.67 Å². The van der Waals surface area contributed by atoms with Crippen molar-refractivity contribution >= 4 is 12.4 Å². The number of nitrogens with one attached hydrogen (secondary N) is 1. The molecule has 2 aliphatic heterocycles. The Bertz CT molecular complexity index is 200. The Hall–Kier alpha value is -1.32. The SMILES string of the molecule is C1=NC2=CNCN2N=C1. The number of hydrogen-bond acceptors (Lipinski definition) is 4. The largest absolute Gasteiger partial charge is 0.369 e. The van der Waals surface area contributed by atoms with Crippen LogP contribution in [0.15, 0.2) is 22.1 Å². The molecule has 0 atom stereocenters. The Kier molecular flexibility index (Phi) is 0.798. The summed E-state index contributed by atoms with van der Waals surface area (Å²) in [5, 5.41) is 8.81. The fourth-order valence-corrected chi connectivity index (χ4v) is 0.803. The minimum Gasteiger partial charge on any atom is -0.369 e. The van der Waals surface area contributed by atoms with Crippen molar-refractivity contribution in [1.82, 2.24) is 10.3 Å². The number of fused-ring (bicyclic) bond motifs is 1. The van der Waals surface area contributed by atoms with Gasteiger partial charge in [-0.05, 0) is 0 Å². The minimum absolute atomic E-state index is 0.739. The summed E-state index contributed by atoms with van der Waals surface area (Å²) < 4.78 is 0. The second-order valence-corrected chi connectivity index (χ2v) is 1.81. The molecule has 9 heavy (non-hydrogen) atoms. The van der Waals surface area contributed by atoms with Crippen molar-refractivity contribution in [2.24, 2.45) is 10.1 Å². The molecule has 0 radical (unpaired) electrons. The van der Waals surface area contributed by atoms with Crippen LogP contribution in [0.25, 0.3) is 0 Å². The van der Waals surface area contributed by atoms with Gasteiger partial charge in [-0.15, -0.1) is 0 Å². The molecular formula is C5H6N4. The molecule has 0 bridgehead atoms. The van der Waals surface area contributed by atoms with Crippen LogP contribution in [0.2, 0.25) is 0 Å². The molecule has 46 valence electrons. The van der Waals surface area contributed by atoms with E-state index in [1.807, 2.05) is 6.20 Å². The fraction of sp³-hybridized carbons (Fsp3) is 0.200. The Balaban J connectivity index is 2.33. The molecule has 0 amide bonds. The highest BCUT2D eigenvalue weighted by molar-refractivity contribution is 6.16. The van der Waals surface area contributed by atoms with Gasteiger partial charge in [0.05, 0.1) is 6.21 Å². The van der Waals surface area contributed by atoms with Crippen molar-refractivity contribution in [2.45, 2.75) is 0 Å². The maximum Gasteiger partial charge on any atom is 0.166 e. The maximum absolute atomic E-state index is 4.04. The first-order chi connectivity index (χ1) is 4.47. The molecule has 2 heterocycles. The third kappa shape index (κ3) is 0.595. The lowest BCUT2D eigenvalue weighted by Gasteiger charge is -2.12. The highest BCUT2D eigenvalue weighted by Crippen LogP contribution is 2.10. The summed E-state index contributed by atoms with van der Waals surface area (Å²) in [5.74, 6) is 0.887. The van der Waals surface area contributed by atoms with E-state index in [1.165, 1.54) is 0 Å². The Morgan fingerprint density at radius 3 is 3.44 bits per heavy atom. The van der Waals surface area contributed by atoms with Gasteiger partial charge in [0.2, 0.25) is 0 Å². The Morgan fingerprint density at radius 1 is 1.56 bits per heavy atom. The molecule has 0 aromatic heterocycles. The van der Waals surface area contributed by atoms with Gasteiger partial charge >= 0.3 is 0 Å². The number of hydrazone groups is 1. The van der Waals surface area contributed by atoms with Gasteiger partial charge in [0.15, 0.2) is 5.82 Å². The first-order valence-electron chi connectivity index (χ1n) is 2.74. The van der Waals surface area contributed by atoms with Crippen LogP contribution in [0.1, 0.15) is 0 Å². The zero-order valence-corrected chi connectivity index (χ0v) is 4.78. The number of nitrogens with zero attached hydrogens (tertiary/aromatic N) is 3. The quantitative estimate of drug-likeness (QED) is 0.480. The zero-order valence-electron chi connectivity index (χ0n) is 4.78. The molecule has 0 aromatic rings. The summed E-state index contributed by atoms with van der Waals surface area (Å²) in [6, 6.07) is 0. The van der Waals surface area contributed by atoms with Gasteiger partial charge in [0.25, 0.3) is 0 Å². The van der Waals surface area contributed by atoms with Crippen molar-refractivity contribution in [2.75, 3.05) is 6.67 Å². The lowest BCUT2D eigenvalue weighted by atomic mass is 10.7. The third-order valence-corrected chi connectivity index (χ3v) is 1.22. The molecule has 4 nitrogen and oxygen atoms in total. The van der Waals surface area contributed by atoms with Gasteiger partial charge < -0.3 is 5.32 Å². The van der Waals surface area contributed by atoms with Crippen LogP contribution in [0.3, 0.4) is 0 Å². The Morgan fingerprint density at radius 2 is 2.56 bits per heavy atom. The summed E-state index contributed by atoms with van der Waals surface area (Å²) in [6.45, 7) is 0.739. The second kappa shape index (κ2) is 1.58. The predicted octanol–water partition coefficient (Wildman–Crippen LogP) is -0.282. The minimum atomic E-state index is 0.739. The molecule has 0 saturated heterocycles. The first-order valence-corrected chi connectivity index (χ1v) is 2.74. The van der Waals surface area contributed by atoms with E-state index in [2.05, 4.69) is 15.4 Å². The lowest BCUT2D eigenvalue weighted by molar-refractivity contribution is 0.383. The smallest absolute Gasteiger partial charge is 0.166 e. The van der Waals surface area contributed by atoms with Crippen LogP contribution in [-0.4, -0.2) is 24.1 Å². The van der Waals surface area contributed by atoms with Gasteiger partial charge in [-0.25, -0.2) is 10.0 Å². The normalized spacial score (nSPS) is 21.3. The van der Waals surface area contributed by atoms with Gasteiger partial charge in [0, 0.05) is 12.4 Å². The van der Waals surface area contributed by atoms with Crippen molar-refractivity contribution in [3.8, 4) is 0 Å². The highest BCUT2D eigenvalue weighted by Gasteiger charge is 2.12. The van der Waals surface area contributed by atoms with Crippen LogP contribution in [0.4, 0.5) is 0 Å². The summed E-state index contributed by atoms with van der Waals surface area (Å²) in [7, 11) is 0. The fourth-order valence-electron chi connectivity index (χ4n) is 0.803. The van der Waals surface area contributed by atoms with E-state index in [1.54, 1.807) is 17.4 Å². The zero-order chi connectivity index (χ0) is 6.10. The summed E-state index contributed by atoms with van der Waals surface area (Å²) in [5.41, 5.74) is 0. The molecule has 0 aromatic carbocycles. The molecular weight excluding hydrogens is 116 g/mol. The van der Waals surface area contributed by atoms with Crippen molar-refractivity contribution in [3.05, 3.63) is 12.0 Å². The molecule has 1 N–H and O–H groups in total. The molecule has 0 spiro atoms. The van der Waals surface area contributed by atoms with E-state index < -0.39 is 0 Å². The molecule has 2 rings (SSSR count). The summed E-state index contributed by atoms with van der Waals surface area (Å²) in [6.07, 6.45) is 5.19. The van der Waals surface area contributed by atoms with Gasteiger partial charge in [-0.1, -0.05) is 0 Å². The lowest BCUT2D eigenvalue weighted by Crippen LogP contribution is -2.19. The van der Waals surface area contributed by atoms with E-state index >= 15 is 0 Å². The average Bonchev–Trinajstić information content (AvgIpc) is 2.33. The molecule has 2 aliphatic rings. The Labute approximate surface area is 52.6 Å². The molecule has 0 aliphatic carbocycles. The monoisotopic (exact) mass is 122 g/mol. The van der Waals surface area contributed by atoms with Crippen molar-refractivity contribution < 1.29 is 0 Å². The third-order valence-electron chi connectivity index (χ3n) is 1.22. The van der Waals surface area contributed by atoms with E-state index in [0.717, 1.165) is 12.5 Å². The van der Waals surface area contributed by atoms with E-state index in [9.17, 15) is 0 Å². The highest BCUT2D eigenvalue weighted by atomic mass is 15.5. The summed E-state index contributed by atoms with van der Waals surface area (Å²) >= 11 is 0. The topological polar surface area (TPSA) is 40.0 Å². The summed E-state index contributed by atoms with van der Waals surface area (Å²) in [4.78, 5) is 4.04. The number of aliphatic imine (C=N–C) groups is 1. The van der Waals surface area contributed by atoms with Crippen LogP contribution in [0, 0.1) is 0 Å². The number of hydrogen-bond donors (Lipinski definition) is 1. The maximum atomic E-state index is 4.04. The van der Waals surface area contributed by atoms with E-state index in [0.29, 0.717) is 0 Å². The van der Waals surface area contributed by atoms with Crippen molar-refractivity contribution in [1.29, 1.82) is 0 Å². The molecule has 0 unspecified atom stereocenters. The van der Waals surface area contributed by atoms with Crippen LogP contribution in [0.5, 0.6) is 0 Å². The van der Waals surface area contributed by atoms with E-state index in [4.69, 9.17) is 0 Å².